The molecule has 24 heavy (non-hydrogen) atoms. The molecule has 0 spiro atoms. The molecule has 0 fully saturated rings. The van der Waals surface area contributed by atoms with Crippen molar-refractivity contribution in [2.24, 2.45) is 0 Å². The Kier molecular flexibility index (Phi) is 5.35. The van der Waals surface area contributed by atoms with Gasteiger partial charge in [-0.15, -0.1) is 6.58 Å². The monoisotopic (exact) mass is 348 g/mol. The number of nitrogens with one attached hydrogen (secondary N) is 1. The van der Waals surface area contributed by atoms with Crippen LogP contribution < -0.4 is 9.62 Å². The molecule has 0 aliphatic carbocycles. The van der Waals surface area contributed by atoms with Crippen molar-refractivity contribution in [1.82, 2.24) is 0 Å². The van der Waals surface area contributed by atoms with Crippen LogP contribution in [0.5, 0.6) is 0 Å². The van der Waals surface area contributed by atoms with Crippen LogP contribution >= 0.6 is 0 Å². The lowest BCUT2D eigenvalue weighted by Crippen LogP contribution is -2.31. The molecule has 2 aromatic carbocycles. The summed E-state index contributed by atoms with van der Waals surface area (Å²) in [6.07, 6.45) is 1.45. The Hall–Kier alpha value is -2.67. The summed E-state index contributed by atoms with van der Waals surface area (Å²) in [5.41, 5.74) is 0.834. The predicted octanol–water partition coefficient (Wildman–Crippen LogP) is 3.17. The Bertz CT molecular complexity index is 831. The molecule has 0 radical (unpaired) electrons. The number of amides is 1. The minimum atomic E-state index is -3.85. The van der Waals surface area contributed by atoms with Gasteiger partial charge in [-0.3, -0.25) is 9.10 Å². The molecule has 0 bridgehead atoms. The summed E-state index contributed by atoms with van der Waals surface area (Å²) in [4.78, 5) is 11.1. The Morgan fingerprint density at radius 1 is 1.17 bits per heavy atom. The predicted molar refractivity (Wildman–Crippen MR) is 91.9 cm³/mol. The van der Waals surface area contributed by atoms with Gasteiger partial charge in [-0.25, -0.2) is 12.8 Å². The highest BCUT2D eigenvalue weighted by molar-refractivity contribution is 7.92. The van der Waals surface area contributed by atoms with Crippen molar-refractivity contribution in [3.8, 4) is 0 Å². The molecule has 0 heterocycles. The highest BCUT2D eigenvalue weighted by Crippen LogP contribution is 2.25. The fourth-order valence-corrected chi connectivity index (χ4v) is 3.54. The number of carbonyl (C=O) groups excluding carboxylic acids is 1. The van der Waals surface area contributed by atoms with Crippen molar-refractivity contribution in [3.05, 3.63) is 67.0 Å². The minimum absolute atomic E-state index is 0.0431. The molecule has 0 saturated heterocycles. The second-order valence-corrected chi connectivity index (χ2v) is 6.87. The van der Waals surface area contributed by atoms with Crippen LogP contribution in [0.2, 0.25) is 0 Å². The first-order chi connectivity index (χ1) is 11.3. The molecule has 5 nitrogen and oxygen atoms in total. The normalized spacial score (nSPS) is 10.9. The van der Waals surface area contributed by atoms with Crippen molar-refractivity contribution in [3.63, 3.8) is 0 Å². The van der Waals surface area contributed by atoms with Gasteiger partial charge in [-0.2, -0.15) is 0 Å². The molecular weight excluding hydrogens is 331 g/mol. The summed E-state index contributed by atoms with van der Waals surface area (Å²) in [7, 11) is -3.85. The topological polar surface area (TPSA) is 66.5 Å². The fourth-order valence-electron chi connectivity index (χ4n) is 2.11. The van der Waals surface area contributed by atoms with Gasteiger partial charge in [0.25, 0.3) is 10.0 Å². The van der Waals surface area contributed by atoms with E-state index in [0.717, 1.165) is 4.31 Å². The summed E-state index contributed by atoms with van der Waals surface area (Å²) >= 11 is 0. The van der Waals surface area contributed by atoms with Crippen molar-refractivity contribution in [2.75, 3.05) is 16.2 Å². The molecule has 1 N–H and O–H groups in total. The van der Waals surface area contributed by atoms with Crippen LogP contribution in [0.4, 0.5) is 15.8 Å². The summed E-state index contributed by atoms with van der Waals surface area (Å²) in [6, 6.07) is 11.0. The average molecular weight is 348 g/mol. The molecule has 0 aliphatic heterocycles. The number of carbonyl (C=O) groups is 1. The third-order valence-corrected chi connectivity index (χ3v) is 4.98. The van der Waals surface area contributed by atoms with Gasteiger partial charge in [0, 0.05) is 12.6 Å². The Morgan fingerprint density at radius 2 is 1.75 bits per heavy atom. The van der Waals surface area contributed by atoms with Crippen molar-refractivity contribution in [2.45, 2.75) is 11.8 Å². The summed E-state index contributed by atoms with van der Waals surface area (Å²) in [6.45, 7) is 4.98. The first-order valence-electron chi connectivity index (χ1n) is 7.11. The Balaban J connectivity index is 2.39. The second kappa shape index (κ2) is 7.27. The number of halogens is 1. The Labute approximate surface area is 140 Å². The third-order valence-electron chi connectivity index (χ3n) is 3.17. The number of hydrogen-bond donors (Lipinski definition) is 1. The molecule has 0 atom stereocenters. The minimum Gasteiger partial charge on any atom is -0.326 e. The van der Waals surface area contributed by atoms with Crippen LogP contribution in [0.1, 0.15) is 6.92 Å². The zero-order valence-electron chi connectivity index (χ0n) is 13.1. The maximum absolute atomic E-state index is 13.1. The van der Waals surface area contributed by atoms with E-state index in [-0.39, 0.29) is 17.3 Å². The first kappa shape index (κ1) is 17.7. The third kappa shape index (κ3) is 3.99. The number of anilines is 2. The van der Waals surface area contributed by atoms with Gasteiger partial charge in [0.15, 0.2) is 0 Å². The SMILES string of the molecule is C=CCN(c1ccc(F)cc1)S(=O)(=O)c1ccc(NC(C)=O)cc1. The standard InChI is InChI=1S/C17H17FN2O3S/c1-3-12-20(16-8-4-14(18)5-9-16)24(22,23)17-10-6-15(7-11-17)19-13(2)21/h3-11H,1,12H2,2H3,(H,19,21). The molecule has 0 aromatic heterocycles. The lowest BCUT2D eigenvalue weighted by molar-refractivity contribution is -0.114. The van der Waals surface area contributed by atoms with E-state index in [1.807, 2.05) is 0 Å². The van der Waals surface area contributed by atoms with E-state index in [4.69, 9.17) is 0 Å². The number of benzene rings is 2. The van der Waals surface area contributed by atoms with Crippen molar-refractivity contribution < 1.29 is 17.6 Å². The summed E-state index contributed by atoms with van der Waals surface area (Å²) in [5, 5.41) is 2.57. The number of sulfonamides is 1. The molecule has 2 rings (SSSR count). The van der Waals surface area contributed by atoms with Gasteiger partial charge in [0.05, 0.1) is 17.1 Å². The van der Waals surface area contributed by atoms with Gasteiger partial charge >= 0.3 is 0 Å². The number of nitrogens with zero attached hydrogens (tertiary/aromatic N) is 1. The van der Waals surface area contributed by atoms with Crippen LogP contribution in [0, 0.1) is 5.82 Å². The van der Waals surface area contributed by atoms with Gasteiger partial charge < -0.3 is 5.32 Å². The number of rotatable bonds is 6. The zero-order chi connectivity index (χ0) is 17.7. The van der Waals surface area contributed by atoms with E-state index in [2.05, 4.69) is 11.9 Å². The highest BCUT2D eigenvalue weighted by Gasteiger charge is 2.24. The lowest BCUT2D eigenvalue weighted by Gasteiger charge is -2.23. The average Bonchev–Trinajstić information content (AvgIpc) is 2.53. The van der Waals surface area contributed by atoms with Crippen molar-refractivity contribution in [1.29, 1.82) is 0 Å². The van der Waals surface area contributed by atoms with E-state index in [0.29, 0.717) is 11.4 Å². The van der Waals surface area contributed by atoms with Crippen LogP contribution in [0.25, 0.3) is 0 Å². The van der Waals surface area contributed by atoms with Crippen LogP contribution in [-0.4, -0.2) is 20.9 Å². The van der Waals surface area contributed by atoms with E-state index in [1.54, 1.807) is 0 Å². The first-order valence-corrected chi connectivity index (χ1v) is 8.55. The van der Waals surface area contributed by atoms with Crippen LogP contribution in [0.3, 0.4) is 0 Å². The maximum Gasteiger partial charge on any atom is 0.264 e. The van der Waals surface area contributed by atoms with Gasteiger partial charge in [-0.05, 0) is 48.5 Å². The lowest BCUT2D eigenvalue weighted by atomic mass is 10.3. The van der Waals surface area contributed by atoms with E-state index in [1.165, 1.54) is 61.5 Å². The van der Waals surface area contributed by atoms with Gasteiger partial charge in [0.1, 0.15) is 5.82 Å². The van der Waals surface area contributed by atoms with Crippen LogP contribution in [-0.2, 0) is 14.8 Å². The van der Waals surface area contributed by atoms with Crippen molar-refractivity contribution >= 4 is 27.3 Å². The van der Waals surface area contributed by atoms with E-state index in [9.17, 15) is 17.6 Å². The van der Waals surface area contributed by atoms with Gasteiger partial charge in [-0.1, -0.05) is 6.08 Å². The highest BCUT2D eigenvalue weighted by atomic mass is 32.2. The molecular formula is C17H17FN2O3S. The fraction of sp³-hybridized carbons (Fsp3) is 0.118. The van der Waals surface area contributed by atoms with Crippen LogP contribution in [0.15, 0.2) is 66.1 Å². The second-order valence-electron chi connectivity index (χ2n) is 5.01. The molecule has 1 amide bonds. The molecule has 0 aliphatic rings. The summed E-state index contributed by atoms with van der Waals surface area (Å²) in [5.74, 6) is -0.695. The summed E-state index contributed by atoms with van der Waals surface area (Å²) < 4.78 is 39.9. The largest absolute Gasteiger partial charge is 0.326 e. The van der Waals surface area contributed by atoms with E-state index < -0.39 is 15.8 Å². The quantitative estimate of drug-likeness (QED) is 0.816. The van der Waals surface area contributed by atoms with Gasteiger partial charge in [0.2, 0.25) is 5.91 Å². The molecule has 2 aromatic rings. The zero-order valence-corrected chi connectivity index (χ0v) is 13.9. The maximum atomic E-state index is 13.1. The molecule has 7 heteroatoms. The Morgan fingerprint density at radius 3 is 2.25 bits per heavy atom. The number of hydrogen-bond acceptors (Lipinski definition) is 3. The molecule has 126 valence electrons. The molecule has 0 unspecified atom stereocenters. The van der Waals surface area contributed by atoms with E-state index >= 15 is 0 Å². The molecule has 0 saturated carbocycles. The smallest absolute Gasteiger partial charge is 0.264 e.